The van der Waals surface area contributed by atoms with Gasteiger partial charge in [-0.25, -0.2) is 4.98 Å². The summed E-state index contributed by atoms with van der Waals surface area (Å²) in [5.74, 6) is 0.707. The van der Waals surface area contributed by atoms with Gasteiger partial charge in [0.05, 0.1) is 17.6 Å². The number of fused-ring (bicyclic) bond motifs is 1. The molecule has 6 rings (SSSR count). The molecule has 0 unspecified atom stereocenters. The molecule has 4 heterocycles. The molecule has 1 atom stereocenters. The first kappa shape index (κ1) is 25.3. The van der Waals surface area contributed by atoms with Gasteiger partial charge >= 0.3 is 0 Å². The normalized spacial score (nSPS) is 13.6. The number of amides is 1. The zero-order chi connectivity index (χ0) is 27.8. The van der Waals surface area contributed by atoms with E-state index < -0.39 is 0 Å². The molecule has 0 radical (unpaired) electrons. The van der Waals surface area contributed by atoms with Crippen LogP contribution in [0.25, 0.3) is 27.6 Å². The Balaban J connectivity index is 1.51. The molecular formula is C30H30N8O2. The van der Waals surface area contributed by atoms with Crippen molar-refractivity contribution in [1.29, 1.82) is 0 Å². The molecule has 1 fully saturated rings. The Bertz CT molecular complexity index is 1770. The van der Waals surface area contributed by atoms with E-state index in [2.05, 4.69) is 25.7 Å². The second-order valence-electron chi connectivity index (χ2n) is 9.94. The molecule has 202 valence electrons. The molecule has 40 heavy (non-hydrogen) atoms. The first-order valence-electron chi connectivity index (χ1n) is 13.3. The largest absolute Gasteiger partial charge is 0.361 e. The summed E-state index contributed by atoms with van der Waals surface area (Å²) in [4.78, 5) is 38.2. The number of likely N-dealkylation sites (tertiary alicyclic amines) is 1. The third-order valence-corrected chi connectivity index (χ3v) is 7.29. The van der Waals surface area contributed by atoms with Crippen LogP contribution < -0.4 is 16.2 Å². The molecular weight excluding hydrogens is 504 g/mol. The minimum Gasteiger partial charge on any atom is -0.361 e. The monoisotopic (exact) mass is 534 g/mol. The standard InChI is InChI=1S/C30H30N8O2/c1-19(34-27-24(17-32-30(31-2)35-27)28(39)37-13-8-14-37)25-15-20-9-7-12-23(21-16-33-36(3)18-21)26(20)29(40)38(25)22-10-5-4-6-11-22/h4-7,9-12,15-19H,8,13-14H2,1-3H3,(H2,31,32,34,35)/t19-/m0/s1. The van der Waals surface area contributed by atoms with Crippen LogP contribution in [0, 0.1) is 0 Å². The second-order valence-corrected chi connectivity index (χ2v) is 9.94. The molecule has 10 heteroatoms. The number of carbonyl (C=O) groups excluding carboxylic acids is 1. The molecule has 1 saturated heterocycles. The lowest BCUT2D eigenvalue weighted by Gasteiger charge is -2.31. The Morgan fingerprint density at radius 3 is 2.52 bits per heavy atom. The molecule has 1 aliphatic heterocycles. The van der Waals surface area contributed by atoms with Gasteiger partial charge < -0.3 is 15.5 Å². The van der Waals surface area contributed by atoms with Gasteiger partial charge in [0.1, 0.15) is 11.4 Å². The van der Waals surface area contributed by atoms with E-state index in [1.54, 1.807) is 33.6 Å². The predicted molar refractivity (Wildman–Crippen MR) is 156 cm³/mol. The first-order valence-corrected chi connectivity index (χ1v) is 13.3. The summed E-state index contributed by atoms with van der Waals surface area (Å²) in [6, 6.07) is 17.1. The van der Waals surface area contributed by atoms with Crippen molar-refractivity contribution in [2.75, 3.05) is 30.8 Å². The van der Waals surface area contributed by atoms with Crippen molar-refractivity contribution in [1.82, 2.24) is 29.2 Å². The number of hydrogen-bond donors (Lipinski definition) is 2. The molecule has 1 amide bonds. The summed E-state index contributed by atoms with van der Waals surface area (Å²) in [5, 5.41) is 12.1. The highest BCUT2D eigenvalue weighted by atomic mass is 16.2. The van der Waals surface area contributed by atoms with E-state index in [4.69, 9.17) is 0 Å². The van der Waals surface area contributed by atoms with Crippen LogP contribution in [0.1, 0.15) is 35.4 Å². The molecule has 1 aliphatic rings. The molecule has 0 bridgehead atoms. The van der Waals surface area contributed by atoms with Crippen LogP contribution in [0.15, 0.2) is 78.0 Å². The zero-order valence-electron chi connectivity index (χ0n) is 22.6. The molecule has 10 nitrogen and oxygen atoms in total. The maximum Gasteiger partial charge on any atom is 0.263 e. The maximum absolute atomic E-state index is 14.3. The minimum atomic E-state index is -0.387. The zero-order valence-corrected chi connectivity index (χ0v) is 22.6. The number of hydrogen-bond acceptors (Lipinski definition) is 7. The molecule has 5 aromatic rings. The maximum atomic E-state index is 14.3. The van der Waals surface area contributed by atoms with Crippen LogP contribution in [0.2, 0.25) is 0 Å². The fraction of sp³-hybridized carbons (Fsp3) is 0.233. The number of nitrogens with one attached hydrogen (secondary N) is 2. The lowest BCUT2D eigenvalue weighted by atomic mass is 9.99. The molecule has 0 saturated carbocycles. The van der Waals surface area contributed by atoms with Gasteiger partial charge in [-0.2, -0.15) is 10.1 Å². The van der Waals surface area contributed by atoms with Crippen molar-refractivity contribution in [3.05, 3.63) is 94.8 Å². The van der Waals surface area contributed by atoms with E-state index >= 15 is 0 Å². The number of aryl methyl sites for hydroxylation is 1. The fourth-order valence-corrected chi connectivity index (χ4v) is 5.08. The van der Waals surface area contributed by atoms with Crippen LogP contribution in [0.5, 0.6) is 0 Å². The highest BCUT2D eigenvalue weighted by Gasteiger charge is 2.27. The van der Waals surface area contributed by atoms with Crippen LogP contribution in [0.4, 0.5) is 11.8 Å². The Kier molecular flexibility index (Phi) is 6.51. The van der Waals surface area contributed by atoms with Crippen molar-refractivity contribution in [3.63, 3.8) is 0 Å². The topological polar surface area (TPSA) is 110 Å². The van der Waals surface area contributed by atoms with Gasteiger partial charge in [0.25, 0.3) is 11.5 Å². The number of pyridine rings is 1. The van der Waals surface area contributed by atoms with Crippen molar-refractivity contribution in [2.24, 2.45) is 7.05 Å². The van der Waals surface area contributed by atoms with Crippen LogP contribution >= 0.6 is 0 Å². The number of rotatable bonds is 7. The molecule has 2 aromatic carbocycles. The summed E-state index contributed by atoms with van der Waals surface area (Å²) < 4.78 is 3.46. The lowest BCUT2D eigenvalue weighted by molar-refractivity contribution is 0.0652. The van der Waals surface area contributed by atoms with Gasteiger partial charge in [-0.1, -0.05) is 36.4 Å². The van der Waals surface area contributed by atoms with E-state index in [1.165, 1.54) is 0 Å². The van der Waals surface area contributed by atoms with Crippen LogP contribution in [-0.4, -0.2) is 55.3 Å². The minimum absolute atomic E-state index is 0.108. The molecule has 3 aromatic heterocycles. The highest BCUT2D eigenvalue weighted by molar-refractivity contribution is 5.99. The van der Waals surface area contributed by atoms with E-state index in [0.29, 0.717) is 22.7 Å². The quantitative estimate of drug-likeness (QED) is 0.321. The number of para-hydroxylation sites is 1. The smallest absolute Gasteiger partial charge is 0.263 e. The van der Waals surface area contributed by atoms with Crippen molar-refractivity contribution >= 4 is 28.4 Å². The van der Waals surface area contributed by atoms with Crippen LogP contribution in [0.3, 0.4) is 0 Å². The van der Waals surface area contributed by atoms with E-state index in [-0.39, 0.29) is 17.5 Å². The number of carbonyl (C=O) groups is 1. The number of aromatic nitrogens is 5. The third-order valence-electron chi connectivity index (χ3n) is 7.29. The van der Waals surface area contributed by atoms with Gasteiger partial charge in [-0.15, -0.1) is 0 Å². The predicted octanol–water partition coefficient (Wildman–Crippen LogP) is 4.24. The second kappa shape index (κ2) is 10.3. The Hall–Kier alpha value is -4.99. The van der Waals surface area contributed by atoms with Gasteiger partial charge in [0, 0.05) is 56.5 Å². The lowest BCUT2D eigenvalue weighted by Crippen LogP contribution is -2.42. The number of anilines is 2. The highest BCUT2D eigenvalue weighted by Crippen LogP contribution is 2.30. The summed E-state index contributed by atoms with van der Waals surface area (Å²) in [5.41, 5.74) is 3.44. The van der Waals surface area contributed by atoms with E-state index in [0.717, 1.165) is 47.4 Å². The summed E-state index contributed by atoms with van der Waals surface area (Å²) in [7, 11) is 3.59. The van der Waals surface area contributed by atoms with E-state index in [9.17, 15) is 9.59 Å². The van der Waals surface area contributed by atoms with Crippen LogP contribution in [-0.2, 0) is 7.05 Å². The summed E-state index contributed by atoms with van der Waals surface area (Å²) >= 11 is 0. The number of benzene rings is 2. The van der Waals surface area contributed by atoms with Gasteiger partial charge in [-0.05, 0) is 42.5 Å². The first-order chi connectivity index (χ1) is 19.4. The van der Waals surface area contributed by atoms with Crippen molar-refractivity contribution < 1.29 is 4.79 Å². The Labute approximate surface area is 231 Å². The summed E-state index contributed by atoms with van der Waals surface area (Å²) in [6.45, 7) is 3.41. The average molecular weight is 535 g/mol. The Morgan fingerprint density at radius 1 is 1.05 bits per heavy atom. The molecule has 2 N–H and O–H groups in total. The van der Waals surface area contributed by atoms with Crippen molar-refractivity contribution in [3.8, 4) is 16.8 Å². The van der Waals surface area contributed by atoms with Gasteiger partial charge in [-0.3, -0.25) is 18.8 Å². The van der Waals surface area contributed by atoms with Crippen molar-refractivity contribution in [2.45, 2.75) is 19.4 Å². The van der Waals surface area contributed by atoms with Gasteiger partial charge in [0.2, 0.25) is 5.95 Å². The Morgan fingerprint density at radius 2 is 1.85 bits per heavy atom. The number of nitrogens with zero attached hydrogens (tertiary/aromatic N) is 6. The summed E-state index contributed by atoms with van der Waals surface area (Å²) in [6.07, 6.45) is 6.22. The van der Waals surface area contributed by atoms with E-state index in [1.807, 2.05) is 74.8 Å². The SMILES string of the molecule is CNc1ncc(C(=O)N2CCC2)c(N[C@@H](C)c2cc3cccc(-c4cnn(C)c4)c3c(=O)n2-c2ccccc2)n1. The average Bonchev–Trinajstić information content (AvgIpc) is 3.38. The molecule has 0 spiro atoms. The van der Waals surface area contributed by atoms with Gasteiger partial charge in [0.15, 0.2) is 0 Å². The molecule has 0 aliphatic carbocycles. The third kappa shape index (κ3) is 4.47. The fourth-order valence-electron chi connectivity index (χ4n) is 5.08.